The van der Waals surface area contributed by atoms with Crippen LogP contribution < -0.4 is 0 Å². The molecule has 3 rings (SSSR count). The van der Waals surface area contributed by atoms with Gasteiger partial charge in [-0.3, -0.25) is 4.90 Å². The molecule has 3 nitrogen and oxygen atoms in total. The van der Waals surface area contributed by atoms with Crippen LogP contribution in [0.15, 0.2) is 24.4 Å². The van der Waals surface area contributed by atoms with Crippen molar-refractivity contribution in [2.75, 3.05) is 13.1 Å². The predicted molar refractivity (Wildman–Crippen MR) is 82.0 cm³/mol. The fraction of sp³-hybridized carbons (Fsp3) is 0.438. The summed E-state index contributed by atoms with van der Waals surface area (Å²) in [5, 5.41) is 0.182. The number of imidazole rings is 1. The van der Waals surface area contributed by atoms with E-state index in [1.165, 1.54) is 6.07 Å². The second kappa shape index (κ2) is 5.78. The van der Waals surface area contributed by atoms with E-state index in [2.05, 4.69) is 20.6 Å². The molecule has 2 heterocycles. The minimum absolute atomic E-state index is 0.182. The molecule has 1 fully saturated rings. The fourth-order valence-corrected chi connectivity index (χ4v) is 3.21. The number of benzene rings is 1. The highest BCUT2D eigenvalue weighted by molar-refractivity contribution is 6.30. The summed E-state index contributed by atoms with van der Waals surface area (Å²) in [5.74, 6) is 1.27. The summed E-state index contributed by atoms with van der Waals surface area (Å²) >= 11 is 5.72. The molecule has 112 valence electrons. The summed E-state index contributed by atoms with van der Waals surface area (Å²) in [6, 6.07) is 5.05. The molecule has 2 aromatic rings. The van der Waals surface area contributed by atoms with Crippen molar-refractivity contribution in [3.8, 4) is 0 Å². The quantitative estimate of drug-likeness (QED) is 0.865. The summed E-state index contributed by atoms with van der Waals surface area (Å²) in [4.78, 5) is 6.96. The molecule has 1 atom stereocenters. The van der Waals surface area contributed by atoms with Crippen molar-refractivity contribution < 1.29 is 4.39 Å². The Balaban J connectivity index is 1.67. The molecule has 1 aliphatic rings. The molecule has 5 heteroatoms. The molecule has 0 spiro atoms. The highest BCUT2D eigenvalue weighted by atomic mass is 35.5. The second-order valence-electron chi connectivity index (χ2n) is 5.82. The number of aromatic nitrogens is 2. The van der Waals surface area contributed by atoms with Crippen molar-refractivity contribution in [1.82, 2.24) is 14.5 Å². The van der Waals surface area contributed by atoms with Crippen molar-refractivity contribution >= 4 is 11.6 Å². The molecular formula is C16H19ClFN3. The minimum atomic E-state index is -0.343. The fourth-order valence-electron chi connectivity index (χ4n) is 3.10. The van der Waals surface area contributed by atoms with Crippen LogP contribution in [0, 0.1) is 12.7 Å². The molecular weight excluding hydrogens is 289 g/mol. The molecule has 0 N–H and O–H groups in total. The number of rotatable bonds is 3. The maximum atomic E-state index is 13.5. The van der Waals surface area contributed by atoms with Crippen LogP contribution >= 0.6 is 11.6 Å². The number of hydrogen-bond donors (Lipinski definition) is 0. The van der Waals surface area contributed by atoms with Crippen LogP contribution in [0.1, 0.15) is 29.4 Å². The highest BCUT2D eigenvalue weighted by Gasteiger charge is 2.27. The van der Waals surface area contributed by atoms with Crippen LogP contribution in [0.3, 0.4) is 0 Å². The van der Waals surface area contributed by atoms with Gasteiger partial charge in [-0.1, -0.05) is 17.7 Å². The average molecular weight is 308 g/mol. The summed E-state index contributed by atoms with van der Waals surface area (Å²) in [5.41, 5.74) is 2.03. The van der Waals surface area contributed by atoms with Crippen molar-refractivity contribution in [2.24, 2.45) is 7.05 Å². The van der Waals surface area contributed by atoms with Gasteiger partial charge in [0.25, 0.3) is 0 Å². The van der Waals surface area contributed by atoms with Crippen LogP contribution in [-0.2, 0) is 13.6 Å². The Labute approximate surface area is 129 Å². The van der Waals surface area contributed by atoms with E-state index in [1.54, 1.807) is 6.07 Å². The summed E-state index contributed by atoms with van der Waals surface area (Å²) in [6.45, 7) is 4.76. The zero-order chi connectivity index (χ0) is 15.0. The van der Waals surface area contributed by atoms with Gasteiger partial charge in [-0.2, -0.15) is 0 Å². The Kier molecular flexibility index (Phi) is 4.00. The van der Waals surface area contributed by atoms with E-state index in [4.69, 9.17) is 11.6 Å². The lowest BCUT2D eigenvalue weighted by molar-refractivity contribution is 0.324. The molecule has 0 aliphatic carbocycles. The third-order valence-electron chi connectivity index (χ3n) is 4.06. The van der Waals surface area contributed by atoms with Gasteiger partial charge in [-0.05, 0) is 37.6 Å². The SMILES string of the molecule is Cc1cn(C)c([C@@H]2CCN(Cc3ccc(Cl)c(F)c3)C2)n1. The Morgan fingerprint density at radius 2 is 2.24 bits per heavy atom. The van der Waals surface area contributed by atoms with Gasteiger partial charge in [0.15, 0.2) is 0 Å². The van der Waals surface area contributed by atoms with E-state index in [-0.39, 0.29) is 10.8 Å². The molecule has 0 amide bonds. The van der Waals surface area contributed by atoms with Gasteiger partial charge in [0.05, 0.1) is 10.7 Å². The normalized spacial score (nSPS) is 19.3. The van der Waals surface area contributed by atoms with Crippen LogP contribution in [0.4, 0.5) is 4.39 Å². The zero-order valence-corrected chi connectivity index (χ0v) is 13.1. The van der Waals surface area contributed by atoms with Gasteiger partial charge in [-0.25, -0.2) is 9.37 Å². The van der Waals surface area contributed by atoms with Crippen molar-refractivity contribution in [3.63, 3.8) is 0 Å². The van der Waals surface area contributed by atoms with E-state index < -0.39 is 0 Å². The predicted octanol–water partition coefficient (Wildman–Crippen LogP) is 3.51. The van der Waals surface area contributed by atoms with Gasteiger partial charge >= 0.3 is 0 Å². The van der Waals surface area contributed by atoms with Crippen LogP contribution in [0.25, 0.3) is 0 Å². The standard InChI is InChI=1S/C16H19ClFN3/c1-11-8-20(2)16(19-11)13-5-6-21(10-13)9-12-3-4-14(17)15(18)7-12/h3-4,7-8,13H,5-6,9-10H2,1-2H3/t13-/m1/s1. The Morgan fingerprint density at radius 1 is 1.43 bits per heavy atom. The van der Waals surface area contributed by atoms with Gasteiger partial charge < -0.3 is 4.57 Å². The van der Waals surface area contributed by atoms with Crippen molar-refractivity contribution in [3.05, 3.63) is 52.3 Å². The zero-order valence-electron chi connectivity index (χ0n) is 12.3. The third-order valence-corrected chi connectivity index (χ3v) is 4.37. The topological polar surface area (TPSA) is 21.1 Å². The third kappa shape index (κ3) is 3.11. The Morgan fingerprint density at radius 3 is 2.90 bits per heavy atom. The molecule has 21 heavy (non-hydrogen) atoms. The van der Waals surface area contributed by atoms with Gasteiger partial charge in [-0.15, -0.1) is 0 Å². The number of likely N-dealkylation sites (tertiary alicyclic amines) is 1. The number of aryl methyl sites for hydroxylation is 2. The molecule has 1 aromatic heterocycles. The molecule has 0 radical (unpaired) electrons. The minimum Gasteiger partial charge on any atom is -0.337 e. The lowest BCUT2D eigenvalue weighted by Crippen LogP contribution is -2.20. The first-order chi connectivity index (χ1) is 10.0. The molecule has 1 aromatic carbocycles. The average Bonchev–Trinajstić information content (AvgIpc) is 3.00. The summed E-state index contributed by atoms with van der Waals surface area (Å²) in [7, 11) is 2.05. The first kappa shape index (κ1) is 14.5. The largest absolute Gasteiger partial charge is 0.337 e. The van der Waals surface area contributed by atoms with Crippen LogP contribution in [0.5, 0.6) is 0 Å². The molecule has 0 bridgehead atoms. The Bertz CT molecular complexity index is 653. The molecule has 1 saturated heterocycles. The maximum Gasteiger partial charge on any atom is 0.142 e. The maximum absolute atomic E-state index is 13.5. The van der Waals surface area contributed by atoms with E-state index in [0.717, 1.165) is 43.1 Å². The summed E-state index contributed by atoms with van der Waals surface area (Å²) in [6.07, 6.45) is 3.16. The smallest absolute Gasteiger partial charge is 0.142 e. The van der Waals surface area contributed by atoms with E-state index in [0.29, 0.717) is 5.92 Å². The van der Waals surface area contributed by atoms with Crippen molar-refractivity contribution in [2.45, 2.75) is 25.8 Å². The highest BCUT2D eigenvalue weighted by Crippen LogP contribution is 2.27. The van der Waals surface area contributed by atoms with E-state index >= 15 is 0 Å². The monoisotopic (exact) mass is 307 g/mol. The van der Waals surface area contributed by atoms with Crippen molar-refractivity contribution in [1.29, 1.82) is 0 Å². The van der Waals surface area contributed by atoms with Gasteiger partial charge in [0.1, 0.15) is 11.6 Å². The van der Waals surface area contributed by atoms with Gasteiger partial charge in [0, 0.05) is 32.3 Å². The van der Waals surface area contributed by atoms with E-state index in [9.17, 15) is 4.39 Å². The molecule has 1 aliphatic heterocycles. The number of hydrogen-bond acceptors (Lipinski definition) is 2. The second-order valence-corrected chi connectivity index (χ2v) is 6.23. The van der Waals surface area contributed by atoms with Gasteiger partial charge in [0.2, 0.25) is 0 Å². The van der Waals surface area contributed by atoms with Crippen LogP contribution in [-0.4, -0.2) is 27.5 Å². The molecule has 0 saturated carbocycles. The number of nitrogens with zero attached hydrogens (tertiary/aromatic N) is 3. The van der Waals surface area contributed by atoms with Crippen LogP contribution in [0.2, 0.25) is 5.02 Å². The molecule has 0 unspecified atom stereocenters. The lowest BCUT2D eigenvalue weighted by Gasteiger charge is -2.16. The first-order valence-electron chi connectivity index (χ1n) is 7.19. The lowest BCUT2D eigenvalue weighted by atomic mass is 10.1. The first-order valence-corrected chi connectivity index (χ1v) is 7.57. The Hall–Kier alpha value is -1.39. The number of halogens is 2. The summed E-state index contributed by atoms with van der Waals surface area (Å²) < 4.78 is 15.6. The van der Waals surface area contributed by atoms with E-state index in [1.807, 2.05) is 20.0 Å².